The number of allylic oxidation sites excluding steroid dienone is 4. The van der Waals surface area contributed by atoms with Gasteiger partial charge in [-0.3, -0.25) is 4.68 Å². The summed E-state index contributed by atoms with van der Waals surface area (Å²) in [5.74, 6) is 2.95. The van der Waals surface area contributed by atoms with Gasteiger partial charge in [-0.1, -0.05) is 30.4 Å². The molecule has 0 saturated heterocycles. The number of hydrogen-bond acceptors (Lipinski definition) is 4. The summed E-state index contributed by atoms with van der Waals surface area (Å²) >= 11 is 0. The van der Waals surface area contributed by atoms with Crippen LogP contribution in [0.15, 0.2) is 72.5 Å². The molecule has 5 nitrogen and oxygen atoms in total. The van der Waals surface area contributed by atoms with Crippen LogP contribution in [0.25, 0.3) is 11.1 Å². The molecule has 2 aromatic rings. The van der Waals surface area contributed by atoms with Crippen LogP contribution in [-0.2, 0) is 9.47 Å². The van der Waals surface area contributed by atoms with Crippen molar-refractivity contribution in [3.8, 4) is 11.1 Å². The minimum absolute atomic E-state index is 0.323. The first-order valence-corrected chi connectivity index (χ1v) is 11.9. The summed E-state index contributed by atoms with van der Waals surface area (Å²) in [5, 5.41) is 8.21. The maximum absolute atomic E-state index is 5.46. The molecule has 5 rings (SSSR count). The molecule has 1 N–H and O–H groups in total. The van der Waals surface area contributed by atoms with Crippen molar-refractivity contribution >= 4 is 5.69 Å². The molecule has 0 radical (unpaired) electrons. The molecule has 1 aromatic heterocycles. The number of hydrogen-bond donors (Lipinski definition) is 1. The van der Waals surface area contributed by atoms with Crippen LogP contribution in [0.4, 0.5) is 5.69 Å². The third kappa shape index (κ3) is 4.93. The minimum atomic E-state index is 0.323. The van der Waals surface area contributed by atoms with Gasteiger partial charge in [-0.2, -0.15) is 5.10 Å². The Morgan fingerprint density at radius 2 is 2.00 bits per heavy atom. The largest absolute Gasteiger partial charge is 0.458 e. The molecule has 0 bridgehead atoms. The normalized spacial score (nSPS) is 23.3. The van der Waals surface area contributed by atoms with Gasteiger partial charge in [-0.05, 0) is 81.1 Å². The van der Waals surface area contributed by atoms with E-state index in [1.165, 1.54) is 60.9 Å². The molecular weight excluding hydrogens is 398 g/mol. The molecule has 1 aliphatic heterocycles. The molecule has 2 saturated carbocycles. The van der Waals surface area contributed by atoms with Gasteiger partial charge in [-0.15, -0.1) is 0 Å². The molecule has 0 unspecified atom stereocenters. The van der Waals surface area contributed by atoms with Crippen LogP contribution in [-0.4, -0.2) is 23.1 Å². The second-order valence-corrected chi connectivity index (χ2v) is 9.35. The average molecular weight is 432 g/mol. The molecule has 2 aliphatic carbocycles. The lowest BCUT2D eigenvalue weighted by atomic mass is 9.78. The van der Waals surface area contributed by atoms with Gasteiger partial charge in [0, 0.05) is 24.0 Å². The summed E-state index contributed by atoms with van der Waals surface area (Å²) in [4.78, 5) is 0. The second-order valence-electron chi connectivity index (χ2n) is 9.35. The van der Waals surface area contributed by atoms with Crippen LogP contribution < -0.4 is 5.32 Å². The molecule has 168 valence electrons. The Morgan fingerprint density at radius 3 is 2.75 bits per heavy atom. The number of ether oxygens (including phenoxy) is 2. The fourth-order valence-corrected chi connectivity index (χ4v) is 4.67. The molecule has 0 spiro atoms. The van der Waals surface area contributed by atoms with Crippen molar-refractivity contribution in [3.63, 3.8) is 0 Å². The Bertz CT molecular complexity index is 1020. The summed E-state index contributed by atoms with van der Waals surface area (Å²) in [5.41, 5.74) is 4.83. The van der Waals surface area contributed by atoms with E-state index in [2.05, 4.69) is 58.2 Å². The van der Waals surface area contributed by atoms with Gasteiger partial charge in [0.1, 0.15) is 5.76 Å². The van der Waals surface area contributed by atoms with Crippen LogP contribution in [0.1, 0.15) is 51.5 Å². The zero-order chi connectivity index (χ0) is 21.9. The third-order valence-corrected chi connectivity index (χ3v) is 6.97. The molecule has 32 heavy (non-hydrogen) atoms. The van der Waals surface area contributed by atoms with E-state index >= 15 is 0 Å². The average Bonchev–Trinajstić information content (AvgIpc) is 3.41. The number of anilines is 1. The lowest BCUT2D eigenvalue weighted by Crippen LogP contribution is -2.21. The highest BCUT2D eigenvalue weighted by molar-refractivity contribution is 5.67. The highest BCUT2D eigenvalue weighted by Crippen LogP contribution is 2.36. The quantitative estimate of drug-likeness (QED) is 0.488. The Hall–Kier alpha value is -2.95. The zero-order valence-electron chi connectivity index (χ0n) is 18.9. The molecular formula is C27H33N3O2. The molecule has 0 atom stereocenters. The second kappa shape index (κ2) is 9.27. The van der Waals surface area contributed by atoms with E-state index in [1.807, 2.05) is 19.2 Å². The van der Waals surface area contributed by atoms with E-state index in [4.69, 9.17) is 9.47 Å². The van der Waals surface area contributed by atoms with E-state index in [1.54, 1.807) is 0 Å². The van der Waals surface area contributed by atoms with Gasteiger partial charge in [0.2, 0.25) is 6.79 Å². The minimum Gasteiger partial charge on any atom is -0.458 e. The summed E-state index contributed by atoms with van der Waals surface area (Å²) in [7, 11) is 0. The van der Waals surface area contributed by atoms with Gasteiger partial charge in [0.15, 0.2) is 5.76 Å². The van der Waals surface area contributed by atoms with E-state index in [-0.39, 0.29) is 0 Å². The predicted molar refractivity (Wildman–Crippen MR) is 128 cm³/mol. The van der Waals surface area contributed by atoms with Gasteiger partial charge in [-0.25, -0.2) is 0 Å². The van der Waals surface area contributed by atoms with E-state index in [9.17, 15) is 0 Å². The summed E-state index contributed by atoms with van der Waals surface area (Å²) in [6, 6.07) is 9.34. The first-order chi connectivity index (χ1) is 15.7. The first kappa shape index (κ1) is 20.9. The van der Waals surface area contributed by atoms with E-state index in [0.29, 0.717) is 24.7 Å². The summed E-state index contributed by atoms with van der Waals surface area (Å²) < 4.78 is 12.9. The maximum Gasteiger partial charge on any atom is 0.230 e. The Kier molecular flexibility index (Phi) is 6.06. The highest BCUT2D eigenvalue weighted by atomic mass is 16.7. The highest BCUT2D eigenvalue weighted by Gasteiger charge is 2.24. The topological polar surface area (TPSA) is 48.3 Å². The van der Waals surface area contributed by atoms with Crippen molar-refractivity contribution in [2.75, 3.05) is 18.7 Å². The smallest absolute Gasteiger partial charge is 0.230 e. The number of rotatable bonds is 8. The third-order valence-electron chi connectivity index (χ3n) is 6.97. The molecule has 2 heterocycles. The van der Waals surface area contributed by atoms with E-state index in [0.717, 1.165) is 18.1 Å². The molecule has 1 aromatic carbocycles. The first-order valence-electron chi connectivity index (χ1n) is 11.9. The summed E-state index contributed by atoms with van der Waals surface area (Å²) in [6.07, 6.45) is 15.7. The van der Waals surface area contributed by atoms with Crippen molar-refractivity contribution in [2.24, 2.45) is 11.8 Å². The van der Waals surface area contributed by atoms with Crippen LogP contribution >= 0.6 is 0 Å². The van der Waals surface area contributed by atoms with Crippen molar-refractivity contribution < 1.29 is 9.47 Å². The lowest BCUT2D eigenvalue weighted by molar-refractivity contribution is 0.0750. The van der Waals surface area contributed by atoms with Gasteiger partial charge in [0.25, 0.3) is 0 Å². The van der Waals surface area contributed by atoms with Gasteiger partial charge >= 0.3 is 0 Å². The van der Waals surface area contributed by atoms with Crippen LogP contribution in [0.5, 0.6) is 0 Å². The van der Waals surface area contributed by atoms with Crippen LogP contribution in [0.2, 0.25) is 0 Å². The fraction of sp³-hybridized carbons (Fsp3) is 0.444. The van der Waals surface area contributed by atoms with Crippen molar-refractivity contribution in [1.29, 1.82) is 0 Å². The number of nitrogens with zero attached hydrogens (tertiary/aromatic N) is 2. The Labute approximate surface area is 190 Å². The maximum atomic E-state index is 5.46. The number of aromatic nitrogens is 2. The SMILES string of the molecule is C=C(/C=C\C1=C(C)OCO1)C1CCC(CNc2cccc(-c3cnn(C4CC4)c3)c2)CC1. The Morgan fingerprint density at radius 1 is 1.16 bits per heavy atom. The predicted octanol–water partition coefficient (Wildman–Crippen LogP) is 6.45. The number of benzene rings is 1. The van der Waals surface area contributed by atoms with Crippen molar-refractivity contribution in [1.82, 2.24) is 9.78 Å². The zero-order valence-corrected chi connectivity index (χ0v) is 18.9. The molecule has 3 aliphatic rings. The molecule has 0 amide bonds. The lowest BCUT2D eigenvalue weighted by Gasteiger charge is -2.29. The van der Waals surface area contributed by atoms with Crippen LogP contribution in [0, 0.1) is 11.8 Å². The van der Waals surface area contributed by atoms with Gasteiger partial charge < -0.3 is 14.8 Å². The number of nitrogens with one attached hydrogen (secondary N) is 1. The van der Waals surface area contributed by atoms with E-state index < -0.39 is 0 Å². The fourth-order valence-electron chi connectivity index (χ4n) is 4.67. The summed E-state index contributed by atoms with van der Waals surface area (Å²) in [6.45, 7) is 7.59. The van der Waals surface area contributed by atoms with Crippen molar-refractivity contribution in [2.45, 2.75) is 51.5 Å². The standard InChI is InChI=1S/C27H33N3O2/c1-19(6-13-27-20(2)31-18-32-27)22-9-7-21(8-10-22)15-28-25-5-3-4-23(14-25)24-16-29-30(17-24)26-11-12-26/h3-6,13-14,16-17,21-22,26,28H,1,7-12,15,18H2,2H3/b13-6-. The molecule has 2 fully saturated rings. The van der Waals surface area contributed by atoms with Gasteiger partial charge in [0.05, 0.1) is 12.2 Å². The molecule has 5 heteroatoms. The van der Waals surface area contributed by atoms with Crippen molar-refractivity contribution in [3.05, 3.63) is 72.5 Å². The Balaban J connectivity index is 1.10. The monoisotopic (exact) mass is 431 g/mol. The van der Waals surface area contributed by atoms with Crippen LogP contribution in [0.3, 0.4) is 0 Å².